The number of aliphatic hydroxyl groups excluding tert-OH is 4. The highest BCUT2D eigenvalue weighted by molar-refractivity contribution is 5.87. The fourth-order valence-electron chi connectivity index (χ4n) is 1.79. The summed E-state index contributed by atoms with van der Waals surface area (Å²) >= 11 is 0. The number of aromatic nitrogens is 1. The average molecular weight is 273 g/mol. The second-order valence-corrected chi connectivity index (χ2v) is 4.19. The van der Waals surface area contributed by atoms with Gasteiger partial charge < -0.3 is 34.9 Å². The topological polar surface area (TPSA) is 132 Å². The van der Waals surface area contributed by atoms with E-state index in [0.29, 0.717) is 0 Å². The summed E-state index contributed by atoms with van der Waals surface area (Å²) in [4.78, 5) is 14.3. The zero-order chi connectivity index (χ0) is 14.0. The Labute approximate surface area is 108 Å². The molecule has 0 radical (unpaired) electrons. The first-order chi connectivity index (χ1) is 9.04. The smallest absolute Gasteiger partial charge is 0.357 e. The summed E-state index contributed by atoms with van der Waals surface area (Å²) in [7, 11) is 0. The quantitative estimate of drug-likeness (QED) is 0.401. The number of aliphatic hydroxyl groups is 4. The molecule has 0 spiro atoms. The third-order valence-corrected chi connectivity index (χ3v) is 2.89. The van der Waals surface area contributed by atoms with Crippen molar-refractivity contribution in [1.29, 1.82) is 0 Å². The number of hydrogen-bond acceptors (Lipinski definition) is 7. The van der Waals surface area contributed by atoms with Crippen LogP contribution in [0.25, 0.3) is 0 Å². The maximum absolute atomic E-state index is 11.7. The number of hydrogen-bond donors (Lipinski definition) is 5. The average Bonchev–Trinajstić information content (AvgIpc) is 2.93. The first kappa shape index (κ1) is 14.0. The fraction of sp³-hybridized carbons (Fsp3) is 0.545. The minimum Gasteiger partial charge on any atom is -0.428 e. The number of aromatic amines is 1. The van der Waals surface area contributed by atoms with Gasteiger partial charge in [-0.05, 0) is 12.1 Å². The summed E-state index contributed by atoms with van der Waals surface area (Å²) in [6.45, 7) is -0.582. The van der Waals surface area contributed by atoms with Crippen LogP contribution >= 0.6 is 0 Å². The summed E-state index contributed by atoms with van der Waals surface area (Å²) in [6, 6.07) is 3.05. The zero-order valence-corrected chi connectivity index (χ0v) is 9.84. The molecule has 8 nitrogen and oxygen atoms in total. The van der Waals surface area contributed by atoms with Gasteiger partial charge in [0.2, 0.25) is 6.29 Å². The number of rotatable bonds is 3. The van der Waals surface area contributed by atoms with Crippen molar-refractivity contribution in [3.05, 3.63) is 24.0 Å². The van der Waals surface area contributed by atoms with E-state index >= 15 is 0 Å². The standard InChI is InChI=1S/C11H15NO7/c13-4-6-7(14)8(15)9(16)11(18-6)19-10(17)5-2-1-3-12-5/h1-3,6-9,11-16H,4H2. The third-order valence-electron chi connectivity index (χ3n) is 2.89. The van der Waals surface area contributed by atoms with Gasteiger partial charge in [0.1, 0.15) is 30.1 Å². The van der Waals surface area contributed by atoms with E-state index in [2.05, 4.69) is 4.98 Å². The lowest BCUT2D eigenvalue weighted by Crippen LogP contribution is -2.59. The first-order valence-corrected chi connectivity index (χ1v) is 5.69. The number of nitrogens with one attached hydrogen (secondary N) is 1. The van der Waals surface area contributed by atoms with Gasteiger partial charge in [0.05, 0.1) is 6.61 Å². The van der Waals surface area contributed by atoms with E-state index in [-0.39, 0.29) is 5.69 Å². The molecule has 0 amide bonds. The largest absolute Gasteiger partial charge is 0.428 e. The van der Waals surface area contributed by atoms with Gasteiger partial charge in [-0.15, -0.1) is 0 Å². The van der Waals surface area contributed by atoms with Crippen LogP contribution in [0.2, 0.25) is 0 Å². The van der Waals surface area contributed by atoms with E-state index in [1.807, 2.05) is 0 Å². The van der Waals surface area contributed by atoms with Crippen LogP contribution in [-0.2, 0) is 9.47 Å². The van der Waals surface area contributed by atoms with Crippen molar-refractivity contribution < 1.29 is 34.7 Å². The second-order valence-electron chi connectivity index (χ2n) is 4.19. The zero-order valence-electron chi connectivity index (χ0n) is 9.84. The van der Waals surface area contributed by atoms with Crippen molar-refractivity contribution in [2.24, 2.45) is 0 Å². The van der Waals surface area contributed by atoms with Gasteiger partial charge in [-0.1, -0.05) is 0 Å². The summed E-state index contributed by atoms with van der Waals surface area (Å²) < 4.78 is 9.91. The van der Waals surface area contributed by atoms with E-state index in [1.54, 1.807) is 6.07 Å². The molecule has 0 bridgehead atoms. The Balaban J connectivity index is 2.05. The van der Waals surface area contributed by atoms with Gasteiger partial charge in [-0.3, -0.25) is 0 Å². The molecule has 1 aromatic rings. The number of ether oxygens (including phenoxy) is 2. The van der Waals surface area contributed by atoms with Crippen LogP contribution in [0.5, 0.6) is 0 Å². The Morgan fingerprint density at radius 2 is 2.05 bits per heavy atom. The van der Waals surface area contributed by atoms with Crippen molar-refractivity contribution in [1.82, 2.24) is 4.98 Å². The molecule has 106 valence electrons. The van der Waals surface area contributed by atoms with Gasteiger partial charge in [0, 0.05) is 6.20 Å². The minimum atomic E-state index is -1.60. The molecule has 1 aliphatic heterocycles. The summed E-state index contributed by atoms with van der Waals surface area (Å²) in [5.41, 5.74) is 0.150. The highest BCUT2D eigenvalue weighted by Crippen LogP contribution is 2.22. The Morgan fingerprint density at radius 3 is 2.63 bits per heavy atom. The van der Waals surface area contributed by atoms with Gasteiger partial charge in [0.15, 0.2) is 0 Å². The lowest BCUT2D eigenvalue weighted by molar-refractivity contribution is -0.285. The van der Waals surface area contributed by atoms with Crippen molar-refractivity contribution in [3.63, 3.8) is 0 Å². The molecule has 0 saturated carbocycles. The van der Waals surface area contributed by atoms with Crippen molar-refractivity contribution in [3.8, 4) is 0 Å². The molecule has 1 aliphatic rings. The summed E-state index contributed by atoms with van der Waals surface area (Å²) in [5, 5.41) is 37.7. The normalized spacial score (nSPS) is 35.1. The molecular weight excluding hydrogens is 258 g/mol. The van der Waals surface area contributed by atoms with Gasteiger partial charge in [0.25, 0.3) is 0 Å². The lowest BCUT2D eigenvalue weighted by Gasteiger charge is -2.39. The maximum atomic E-state index is 11.7. The highest BCUT2D eigenvalue weighted by atomic mass is 16.7. The van der Waals surface area contributed by atoms with E-state index < -0.39 is 43.3 Å². The SMILES string of the molecule is O=C(OC1OC(CO)C(O)C(O)C1O)c1ccc[nH]1. The molecular formula is C11H15NO7. The third kappa shape index (κ3) is 2.77. The van der Waals surface area contributed by atoms with Crippen LogP contribution in [-0.4, -0.2) is 68.7 Å². The minimum absolute atomic E-state index is 0.150. The molecule has 5 unspecified atom stereocenters. The molecule has 1 saturated heterocycles. The van der Waals surface area contributed by atoms with Crippen molar-refractivity contribution in [2.75, 3.05) is 6.61 Å². The van der Waals surface area contributed by atoms with Gasteiger partial charge in [-0.2, -0.15) is 0 Å². The van der Waals surface area contributed by atoms with Crippen LogP contribution in [0.1, 0.15) is 10.5 Å². The molecule has 2 rings (SSSR count). The summed E-state index contributed by atoms with van der Waals surface area (Å²) in [6.07, 6.45) is -5.72. The number of esters is 1. The molecule has 1 aromatic heterocycles. The predicted molar refractivity (Wildman–Crippen MR) is 60.0 cm³/mol. The van der Waals surface area contributed by atoms with Gasteiger partial charge >= 0.3 is 5.97 Å². The lowest BCUT2D eigenvalue weighted by atomic mass is 9.99. The Morgan fingerprint density at radius 1 is 1.32 bits per heavy atom. The molecule has 5 atom stereocenters. The maximum Gasteiger partial charge on any atom is 0.357 e. The second kappa shape index (κ2) is 5.68. The number of carbonyl (C=O) groups is 1. The Hall–Kier alpha value is -1.45. The van der Waals surface area contributed by atoms with Crippen LogP contribution in [0.15, 0.2) is 18.3 Å². The molecule has 5 N–H and O–H groups in total. The van der Waals surface area contributed by atoms with Crippen LogP contribution in [0, 0.1) is 0 Å². The van der Waals surface area contributed by atoms with E-state index in [1.165, 1.54) is 12.3 Å². The van der Waals surface area contributed by atoms with E-state index in [4.69, 9.17) is 14.6 Å². The summed E-state index contributed by atoms with van der Waals surface area (Å²) in [5.74, 6) is -0.783. The monoisotopic (exact) mass is 273 g/mol. The van der Waals surface area contributed by atoms with Crippen LogP contribution in [0.3, 0.4) is 0 Å². The van der Waals surface area contributed by atoms with Crippen molar-refractivity contribution >= 4 is 5.97 Å². The molecule has 0 aromatic carbocycles. The van der Waals surface area contributed by atoms with E-state index in [9.17, 15) is 20.1 Å². The number of carbonyl (C=O) groups excluding carboxylic acids is 1. The van der Waals surface area contributed by atoms with E-state index in [0.717, 1.165) is 0 Å². The number of H-pyrrole nitrogens is 1. The molecule has 19 heavy (non-hydrogen) atoms. The Kier molecular flexibility index (Phi) is 4.17. The molecule has 8 heteroatoms. The molecule has 2 heterocycles. The Bertz CT molecular complexity index is 419. The predicted octanol–water partition coefficient (Wildman–Crippen LogP) is -2.03. The fourth-order valence-corrected chi connectivity index (χ4v) is 1.79. The molecule has 0 aliphatic carbocycles. The first-order valence-electron chi connectivity index (χ1n) is 5.69. The highest BCUT2D eigenvalue weighted by Gasteiger charge is 2.45. The molecule has 1 fully saturated rings. The van der Waals surface area contributed by atoms with Crippen LogP contribution < -0.4 is 0 Å². The van der Waals surface area contributed by atoms with Gasteiger partial charge in [-0.25, -0.2) is 4.79 Å². The van der Waals surface area contributed by atoms with Crippen LogP contribution in [0.4, 0.5) is 0 Å². The van der Waals surface area contributed by atoms with Crippen molar-refractivity contribution in [2.45, 2.75) is 30.7 Å².